The summed E-state index contributed by atoms with van der Waals surface area (Å²) in [7, 11) is 0. The molecule has 1 aromatic rings. The number of hydrogen-bond acceptors (Lipinski definition) is 3. The molecule has 0 radical (unpaired) electrons. The zero-order chi connectivity index (χ0) is 12.2. The maximum Gasteiger partial charge on any atom is 0.0931 e. The maximum absolute atomic E-state index is 5.95. The van der Waals surface area contributed by atoms with E-state index in [9.17, 15) is 0 Å². The van der Waals surface area contributed by atoms with Crippen LogP contribution in [-0.2, 0) is 5.41 Å². The summed E-state index contributed by atoms with van der Waals surface area (Å²) < 4.78 is 0.860. The van der Waals surface area contributed by atoms with Gasteiger partial charge in [-0.2, -0.15) is 0 Å². The van der Waals surface area contributed by atoms with Crippen molar-refractivity contribution >= 4 is 22.9 Å². The molecule has 4 heteroatoms. The first-order valence-corrected chi connectivity index (χ1v) is 6.83. The van der Waals surface area contributed by atoms with Crippen LogP contribution >= 0.6 is 22.9 Å². The number of nitrogens with one attached hydrogen (secondary N) is 1. The quantitative estimate of drug-likeness (QED) is 0.772. The number of halogens is 1. The lowest BCUT2D eigenvalue weighted by Gasteiger charge is -2.24. The predicted octanol–water partition coefficient (Wildman–Crippen LogP) is 3.01. The molecule has 0 saturated carbocycles. The summed E-state index contributed by atoms with van der Waals surface area (Å²) in [6.07, 6.45) is 1.02. The van der Waals surface area contributed by atoms with Gasteiger partial charge < -0.3 is 11.1 Å². The average Bonchev–Trinajstić information content (AvgIpc) is 2.60. The van der Waals surface area contributed by atoms with Gasteiger partial charge in [0.05, 0.1) is 4.34 Å². The first-order valence-electron chi connectivity index (χ1n) is 5.64. The largest absolute Gasteiger partial charge is 0.328 e. The van der Waals surface area contributed by atoms with Crippen molar-refractivity contribution in [3.63, 3.8) is 0 Å². The second-order valence-electron chi connectivity index (χ2n) is 4.93. The van der Waals surface area contributed by atoms with Crippen molar-refractivity contribution < 1.29 is 0 Å². The van der Waals surface area contributed by atoms with Gasteiger partial charge in [0.1, 0.15) is 0 Å². The molecule has 1 heterocycles. The van der Waals surface area contributed by atoms with Crippen molar-refractivity contribution in [1.29, 1.82) is 0 Å². The van der Waals surface area contributed by atoms with Crippen molar-refractivity contribution in [2.45, 2.75) is 38.6 Å². The van der Waals surface area contributed by atoms with Crippen LogP contribution in [0.1, 0.15) is 32.1 Å². The fourth-order valence-corrected chi connectivity index (χ4v) is 2.64. The number of thiophene rings is 1. The third-order valence-electron chi connectivity index (χ3n) is 2.58. The molecule has 1 rings (SSSR count). The topological polar surface area (TPSA) is 38.0 Å². The molecule has 0 fully saturated rings. The zero-order valence-electron chi connectivity index (χ0n) is 10.2. The van der Waals surface area contributed by atoms with Gasteiger partial charge in [-0.15, -0.1) is 11.3 Å². The molecular formula is C12H21ClN2S. The van der Waals surface area contributed by atoms with Crippen LogP contribution in [0.5, 0.6) is 0 Å². The van der Waals surface area contributed by atoms with Crippen LogP contribution in [0, 0.1) is 0 Å². The van der Waals surface area contributed by atoms with Gasteiger partial charge in [-0.3, -0.25) is 0 Å². The van der Waals surface area contributed by atoms with Gasteiger partial charge >= 0.3 is 0 Å². The SMILES string of the molecule is CC(N)CCNCC(C)(C)c1ccc(Cl)s1. The zero-order valence-corrected chi connectivity index (χ0v) is 11.8. The van der Waals surface area contributed by atoms with Crippen LogP contribution in [0.2, 0.25) is 4.34 Å². The second-order valence-corrected chi connectivity index (χ2v) is 6.65. The van der Waals surface area contributed by atoms with E-state index < -0.39 is 0 Å². The molecule has 1 aromatic heterocycles. The number of nitrogens with two attached hydrogens (primary N) is 1. The summed E-state index contributed by atoms with van der Waals surface area (Å²) in [5, 5.41) is 3.45. The standard InChI is InChI=1S/C12H21ClN2S/c1-9(14)6-7-15-8-12(2,3)10-4-5-11(13)16-10/h4-5,9,15H,6-8,14H2,1-3H3. The van der Waals surface area contributed by atoms with Gasteiger partial charge in [0.2, 0.25) is 0 Å². The fraction of sp³-hybridized carbons (Fsp3) is 0.667. The molecule has 3 N–H and O–H groups in total. The molecule has 0 aliphatic carbocycles. The first kappa shape index (κ1) is 14.0. The monoisotopic (exact) mass is 260 g/mol. The Labute approximate surface area is 107 Å². The Balaban J connectivity index is 2.40. The molecule has 1 unspecified atom stereocenters. The smallest absolute Gasteiger partial charge is 0.0931 e. The van der Waals surface area contributed by atoms with Crippen LogP contribution < -0.4 is 11.1 Å². The highest BCUT2D eigenvalue weighted by Crippen LogP contribution is 2.31. The Hall–Kier alpha value is -0.0900. The Morgan fingerprint density at radius 2 is 2.19 bits per heavy atom. The highest BCUT2D eigenvalue weighted by atomic mass is 35.5. The third-order valence-corrected chi connectivity index (χ3v) is 4.18. The van der Waals surface area contributed by atoms with Crippen molar-refractivity contribution in [3.8, 4) is 0 Å². The van der Waals surface area contributed by atoms with Crippen LogP contribution in [0.25, 0.3) is 0 Å². The van der Waals surface area contributed by atoms with Crippen LogP contribution in [-0.4, -0.2) is 19.1 Å². The molecule has 0 spiro atoms. The summed E-state index contributed by atoms with van der Waals surface area (Å²) in [5.41, 5.74) is 5.84. The van der Waals surface area contributed by atoms with E-state index in [0.29, 0.717) is 0 Å². The molecular weight excluding hydrogens is 240 g/mol. The van der Waals surface area contributed by atoms with Gasteiger partial charge in [0.25, 0.3) is 0 Å². The van der Waals surface area contributed by atoms with E-state index in [-0.39, 0.29) is 11.5 Å². The van der Waals surface area contributed by atoms with E-state index in [1.165, 1.54) is 4.88 Å². The molecule has 0 aliphatic rings. The van der Waals surface area contributed by atoms with Gasteiger partial charge in [-0.05, 0) is 32.0 Å². The summed E-state index contributed by atoms with van der Waals surface area (Å²) in [6.45, 7) is 8.42. The lowest BCUT2D eigenvalue weighted by molar-refractivity contribution is 0.465. The van der Waals surface area contributed by atoms with Gasteiger partial charge in [0, 0.05) is 22.9 Å². The molecule has 1 atom stereocenters. The fourth-order valence-electron chi connectivity index (χ4n) is 1.50. The molecule has 0 bridgehead atoms. The van der Waals surface area contributed by atoms with E-state index in [2.05, 4.69) is 25.2 Å². The third kappa shape index (κ3) is 4.42. The molecule has 0 amide bonds. The summed E-state index contributed by atoms with van der Waals surface area (Å²) in [4.78, 5) is 1.32. The Morgan fingerprint density at radius 3 is 2.69 bits per heavy atom. The van der Waals surface area contributed by atoms with Crippen LogP contribution in [0.15, 0.2) is 12.1 Å². The van der Waals surface area contributed by atoms with Crippen LogP contribution in [0.4, 0.5) is 0 Å². The van der Waals surface area contributed by atoms with E-state index >= 15 is 0 Å². The highest BCUT2D eigenvalue weighted by molar-refractivity contribution is 7.16. The van der Waals surface area contributed by atoms with Crippen molar-refractivity contribution in [1.82, 2.24) is 5.32 Å². The highest BCUT2D eigenvalue weighted by Gasteiger charge is 2.21. The lowest BCUT2D eigenvalue weighted by Crippen LogP contribution is -2.34. The Bertz CT molecular complexity index is 321. The van der Waals surface area contributed by atoms with E-state index in [1.807, 2.05) is 13.0 Å². The lowest BCUT2D eigenvalue weighted by atomic mass is 9.91. The first-order chi connectivity index (χ1) is 7.42. The summed E-state index contributed by atoms with van der Waals surface area (Å²) in [6, 6.07) is 4.35. The van der Waals surface area contributed by atoms with Gasteiger partial charge in [-0.1, -0.05) is 25.4 Å². The second kappa shape index (κ2) is 6.01. The Morgan fingerprint density at radius 1 is 1.50 bits per heavy atom. The molecule has 2 nitrogen and oxygen atoms in total. The van der Waals surface area contributed by atoms with Crippen molar-refractivity contribution in [3.05, 3.63) is 21.3 Å². The van der Waals surface area contributed by atoms with E-state index in [4.69, 9.17) is 17.3 Å². The maximum atomic E-state index is 5.95. The minimum atomic E-state index is 0.135. The summed E-state index contributed by atoms with van der Waals surface area (Å²) in [5.74, 6) is 0. The minimum absolute atomic E-state index is 0.135. The summed E-state index contributed by atoms with van der Waals surface area (Å²) >= 11 is 7.61. The van der Waals surface area contributed by atoms with Crippen molar-refractivity contribution in [2.24, 2.45) is 5.73 Å². The Kier molecular flexibility index (Phi) is 5.25. The minimum Gasteiger partial charge on any atom is -0.328 e. The molecule has 0 aromatic carbocycles. The van der Waals surface area contributed by atoms with Gasteiger partial charge in [0.15, 0.2) is 0 Å². The molecule has 0 aliphatic heterocycles. The normalized spacial score (nSPS) is 14.1. The number of hydrogen-bond donors (Lipinski definition) is 2. The molecule has 16 heavy (non-hydrogen) atoms. The predicted molar refractivity (Wildman–Crippen MR) is 73.5 cm³/mol. The molecule has 92 valence electrons. The number of rotatable bonds is 6. The van der Waals surface area contributed by atoms with E-state index in [0.717, 1.165) is 23.8 Å². The molecule has 0 saturated heterocycles. The van der Waals surface area contributed by atoms with Gasteiger partial charge in [-0.25, -0.2) is 0 Å². The van der Waals surface area contributed by atoms with Crippen LogP contribution in [0.3, 0.4) is 0 Å². The van der Waals surface area contributed by atoms with E-state index in [1.54, 1.807) is 11.3 Å². The van der Waals surface area contributed by atoms with Crippen molar-refractivity contribution in [2.75, 3.05) is 13.1 Å². The average molecular weight is 261 g/mol.